The van der Waals surface area contributed by atoms with E-state index >= 15 is 0 Å². The van der Waals surface area contributed by atoms with Crippen molar-refractivity contribution in [1.29, 1.82) is 0 Å². The van der Waals surface area contributed by atoms with Gasteiger partial charge in [0.05, 0.1) is 5.38 Å². The highest BCUT2D eigenvalue weighted by Gasteiger charge is 2.52. The zero-order valence-corrected chi connectivity index (χ0v) is 29.7. The van der Waals surface area contributed by atoms with Crippen molar-refractivity contribution in [3.05, 3.63) is 81.7 Å². The topological polar surface area (TPSA) is 24.1 Å². The summed E-state index contributed by atoms with van der Waals surface area (Å²) in [5, 5.41) is 8.50. The molecule has 2 nitrogen and oxygen atoms in total. The van der Waals surface area contributed by atoms with Crippen molar-refractivity contribution in [2.75, 3.05) is 5.75 Å². The van der Waals surface area contributed by atoms with Gasteiger partial charge in [0, 0.05) is 34.4 Å². The molecule has 6 rings (SSSR count). The number of nitrogens with one attached hydrogen (secondary N) is 2. The van der Waals surface area contributed by atoms with Crippen LogP contribution in [-0.2, 0) is 0 Å². The lowest BCUT2D eigenvalue weighted by Crippen LogP contribution is -2.61. The van der Waals surface area contributed by atoms with Gasteiger partial charge in [0.2, 0.25) is 6.71 Å². The van der Waals surface area contributed by atoms with E-state index in [1.54, 1.807) is 22.3 Å². The summed E-state index contributed by atoms with van der Waals surface area (Å²) in [6.07, 6.45) is 23.3. The third kappa shape index (κ3) is 5.60. The molecule has 1 saturated heterocycles. The first-order valence-corrected chi connectivity index (χ1v) is 18.5. The van der Waals surface area contributed by atoms with Crippen LogP contribution >= 0.6 is 23.4 Å². The predicted molar refractivity (Wildman–Crippen MR) is 191 cm³/mol. The van der Waals surface area contributed by atoms with Crippen LogP contribution in [0.15, 0.2) is 81.7 Å². The summed E-state index contributed by atoms with van der Waals surface area (Å²) in [6.45, 7) is 22.3. The van der Waals surface area contributed by atoms with Crippen molar-refractivity contribution in [2.45, 2.75) is 123 Å². The molecule has 3 unspecified atom stereocenters. The van der Waals surface area contributed by atoms with Crippen LogP contribution in [0.5, 0.6) is 0 Å². The van der Waals surface area contributed by atoms with Gasteiger partial charge in [-0.1, -0.05) is 99.1 Å². The Kier molecular flexibility index (Phi) is 8.33. The van der Waals surface area contributed by atoms with Gasteiger partial charge in [-0.15, -0.1) is 11.6 Å². The Bertz CT molecular complexity index is 1370. The maximum absolute atomic E-state index is 6.87. The number of thioether (sulfide) groups is 1. The van der Waals surface area contributed by atoms with Crippen LogP contribution in [0.3, 0.4) is 0 Å². The summed E-state index contributed by atoms with van der Waals surface area (Å²) < 4.78 is 0. The Balaban J connectivity index is 1.47. The predicted octanol–water partition coefficient (Wildman–Crippen LogP) is 9.74. The molecule has 0 amide bonds. The lowest BCUT2D eigenvalue weighted by atomic mass is 9.28. The highest BCUT2D eigenvalue weighted by atomic mass is 35.5. The van der Waals surface area contributed by atoms with E-state index in [1.165, 1.54) is 42.5 Å². The van der Waals surface area contributed by atoms with Gasteiger partial charge >= 0.3 is 0 Å². The summed E-state index contributed by atoms with van der Waals surface area (Å²) >= 11 is 9.06. The van der Waals surface area contributed by atoms with Crippen LogP contribution in [0.1, 0.15) is 94.4 Å². The fourth-order valence-electron chi connectivity index (χ4n) is 9.05. The van der Waals surface area contributed by atoms with Crippen molar-refractivity contribution >= 4 is 30.1 Å². The van der Waals surface area contributed by atoms with E-state index in [4.69, 9.17) is 11.6 Å². The number of hydrogen-bond donors (Lipinski definition) is 2. The standard InChI is InChI=1S/C38H54BClN2S/c1-10-16-36(4,5)28-22-32-29(21-25(28)23(2)3)39-34-30(13-11-24(40)20-33(34)42-32)41-31-14-12-26-27(15-19-43-35(31)39)38(8,9)18-17-37(26,6)7/h11-13,15,20-24,29,31-32,35,41-42H,10,14,16-19H2,1-9H3/b26-12+,27-15?/t24?,29-,31?,32+,35?/m0/s1. The molecule has 43 heavy (non-hydrogen) atoms. The van der Waals surface area contributed by atoms with Gasteiger partial charge < -0.3 is 10.6 Å². The molecule has 3 aliphatic heterocycles. The van der Waals surface area contributed by atoms with Crippen molar-refractivity contribution < 1.29 is 0 Å². The molecule has 3 aliphatic carbocycles. The van der Waals surface area contributed by atoms with Gasteiger partial charge in [-0.05, 0) is 93.6 Å². The van der Waals surface area contributed by atoms with E-state index < -0.39 is 0 Å². The molecule has 3 heterocycles. The first-order chi connectivity index (χ1) is 20.2. The summed E-state index contributed by atoms with van der Waals surface area (Å²) in [5.41, 5.74) is 10.9. The summed E-state index contributed by atoms with van der Waals surface area (Å²) in [7, 11) is 0. The quantitative estimate of drug-likeness (QED) is 0.243. The van der Waals surface area contributed by atoms with Gasteiger partial charge in [0.15, 0.2) is 0 Å². The van der Waals surface area contributed by atoms with E-state index in [2.05, 4.69) is 127 Å². The molecule has 0 aromatic carbocycles. The van der Waals surface area contributed by atoms with Crippen LogP contribution in [-0.4, -0.2) is 35.1 Å². The van der Waals surface area contributed by atoms with Crippen LogP contribution in [0.25, 0.3) is 0 Å². The molecular weight excluding hydrogens is 563 g/mol. The number of alkyl halides is 1. The molecule has 5 heteroatoms. The van der Waals surface area contributed by atoms with Crippen molar-refractivity contribution in [2.24, 2.45) is 22.2 Å². The molecule has 0 aromatic rings. The highest BCUT2D eigenvalue weighted by Crippen LogP contribution is 2.54. The third-order valence-corrected chi connectivity index (χ3v) is 13.1. The van der Waals surface area contributed by atoms with Gasteiger partial charge in [0.25, 0.3) is 0 Å². The number of hydrogen-bond acceptors (Lipinski definition) is 3. The first kappa shape index (κ1) is 31.5. The Morgan fingerprint density at radius 3 is 2.40 bits per heavy atom. The number of halogens is 1. The second kappa shape index (κ2) is 11.4. The average molecular weight is 617 g/mol. The molecule has 5 atom stereocenters. The zero-order valence-electron chi connectivity index (χ0n) is 28.1. The molecule has 2 fully saturated rings. The summed E-state index contributed by atoms with van der Waals surface area (Å²) in [5.74, 6) is 1.99. The first-order valence-electron chi connectivity index (χ1n) is 17.0. The highest BCUT2D eigenvalue weighted by molar-refractivity contribution is 8.01. The second-order valence-electron chi connectivity index (χ2n) is 16.3. The SMILES string of the molecule is CCCC(C)(C)C1=C[C@H]2NC3=CC(Cl)C=CC4=C3B(C3SCC=C5/C(=C\CC3N4)C(C)(C)CCC5(C)C)[C@H]2C=C1C(C)C. The van der Waals surface area contributed by atoms with E-state index in [1.807, 2.05) is 0 Å². The van der Waals surface area contributed by atoms with E-state index in [0.717, 1.165) is 12.2 Å². The van der Waals surface area contributed by atoms with Crippen LogP contribution in [0.4, 0.5) is 0 Å². The maximum Gasteiger partial charge on any atom is 0.207 e. The molecular formula is C38H54BClN2S. The molecule has 6 aliphatic rings. The maximum atomic E-state index is 6.87. The lowest BCUT2D eigenvalue weighted by molar-refractivity contribution is 0.258. The molecule has 1 saturated carbocycles. The van der Waals surface area contributed by atoms with Crippen LogP contribution < -0.4 is 10.6 Å². The minimum Gasteiger partial charge on any atom is -0.382 e. The fourth-order valence-corrected chi connectivity index (χ4v) is 10.7. The summed E-state index contributed by atoms with van der Waals surface area (Å²) in [6, 6.07) is 0.658. The van der Waals surface area contributed by atoms with E-state index in [9.17, 15) is 0 Å². The Morgan fingerprint density at radius 2 is 1.72 bits per heavy atom. The summed E-state index contributed by atoms with van der Waals surface area (Å²) in [4.78, 5) is 0. The Morgan fingerprint density at radius 1 is 1.02 bits per heavy atom. The number of fused-ring (bicyclic) bond motifs is 5. The number of rotatable bonds is 4. The molecule has 0 aromatic heterocycles. The molecule has 0 spiro atoms. The van der Waals surface area contributed by atoms with E-state index in [-0.39, 0.29) is 27.7 Å². The monoisotopic (exact) mass is 616 g/mol. The van der Waals surface area contributed by atoms with Crippen molar-refractivity contribution in [3.63, 3.8) is 0 Å². The van der Waals surface area contributed by atoms with Crippen molar-refractivity contribution in [1.82, 2.24) is 10.6 Å². The van der Waals surface area contributed by atoms with Gasteiger partial charge in [-0.25, -0.2) is 0 Å². The van der Waals surface area contributed by atoms with Crippen molar-refractivity contribution in [3.8, 4) is 0 Å². The largest absolute Gasteiger partial charge is 0.382 e. The van der Waals surface area contributed by atoms with Gasteiger partial charge in [-0.2, -0.15) is 11.8 Å². The molecule has 2 N–H and O–H groups in total. The van der Waals surface area contributed by atoms with Crippen LogP contribution in [0.2, 0.25) is 5.82 Å². The molecule has 0 bridgehead atoms. The number of allylic oxidation sites excluding steroid dienone is 8. The smallest absolute Gasteiger partial charge is 0.207 e. The normalized spacial score (nSPS) is 34.1. The minimum absolute atomic E-state index is 0.112. The molecule has 0 radical (unpaired) electrons. The third-order valence-electron chi connectivity index (χ3n) is 11.5. The second-order valence-corrected chi connectivity index (χ2v) is 18.0. The Hall–Kier alpha value is -1.52. The lowest BCUT2D eigenvalue weighted by Gasteiger charge is -2.50. The van der Waals surface area contributed by atoms with Gasteiger partial charge in [0.1, 0.15) is 0 Å². The average Bonchev–Trinajstić information content (AvgIpc) is 3.01. The van der Waals surface area contributed by atoms with Crippen LogP contribution in [0, 0.1) is 22.2 Å². The fraction of sp³-hybridized carbons (Fsp3) is 0.632. The Labute approximate surface area is 272 Å². The zero-order chi connectivity index (χ0) is 30.9. The van der Waals surface area contributed by atoms with E-state index in [0.29, 0.717) is 29.6 Å². The molecule has 232 valence electrons. The van der Waals surface area contributed by atoms with Gasteiger partial charge in [-0.3, -0.25) is 0 Å². The minimum atomic E-state index is -0.112.